The highest BCUT2D eigenvalue weighted by molar-refractivity contribution is 5.71. The van der Waals surface area contributed by atoms with Crippen LogP contribution in [0.1, 0.15) is 348 Å². The Morgan fingerprint density at radius 1 is 0.284 bits per heavy atom. The molecule has 1 unspecified atom stereocenters. The number of esters is 3. The molecule has 1 atom stereocenters. The first-order chi connectivity index (χ1) is 36.5. The summed E-state index contributed by atoms with van der Waals surface area (Å²) in [6, 6.07) is 0. The van der Waals surface area contributed by atoms with Crippen LogP contribution in [-0.2, 0) is 28.6 Å². The SMILES string of the molecule is CC/C=C\C/C=C\C/C=C\CCCCCC(=O)OC(COC(=O)CCCCCCC/C=C\CCCCC)COC(=O)CCCCCCCCCCCCCCCCCCCCCCCCCCCCCCCCC. The third-order valence-corrected chi connectivity index (χ3v) is 14.6. The molecule has 0 fully saturated rings. The number of allylic oxidation sites excluding steroid dienone is 8. The molecule has 74 heavy (non-hydrogen) atoms. The fourth-order valence-electron chi connectivity index (χ4n) is 9.69. The first-order valence-corrected chi connectivity index (χ1v) is 32.6. The molecule has 0 spiro atoms. The Hall–Kier alpha value is -2.63. The summed E-state index contributed by atoms with van der Waals surface area (Å²) in [5, 5.41) is 0. The van der Waals surface area contributed by atoms with Gasteiger partial charge in [-0.05, 0) is 77.0 Å². The zero-order chi connectivity index (χ0) is 53.6. The normalized spacial score (nSPS) is 12.3. The van der Waals surface area contributed by atoms with Crippen LogP contribution in [0.3, 0.4) is 0 Å². The minimum atomic E-state index is -0.790. The smallest absolute Gasteiger partial charge is 0.306 e. The highest BCUT2D eigenvalue weighted by Gasteiger charge is 2.19. The zero-order valence-corrected chi connectivity index (χ0v) is 49.6. The second-order valence-corrected chi connectivity index (χ2v) is 22.0. The van der Waals surface area contributed by atoms with Gasteiger partial charge in [-0.2, -0.15) is 0 Å². The maximum atomic E-state index is 12.8. The Kier molecular flexibility index (Phi) is 60.7. The molecule has 0 radical (unpaired) electrons. The van der Waals surface area contributed by atoms with Gasteiger partial charge in [0.15, 0.2) is 6.10 Å². The summed E-state index contributed by atoms with van der Waals surface area (Å²) in [5.74, 6) is -0.908. The average molecular weight is 1040 g/mol. The number of hydrogen-bond donors (Lipinski definition) is 0. The van der Waals surface area contributed by atoms with Crippen molar-refractivity contribution in [2.24, 2.45) is 0 Å². The quantitative estimate of drug-likeness (QED) is 0.0261. The second-order valence-electron chi connectivity index (χ2n) is 22.0. The summed E-state index contributed by atoms with van der Waals surface area (Å²) in [7, 11) is 0. The van der Waals surface area contributed by atoms with Gasteiger partial charge in [0.25, 0.3) is 0 Å². The molecule has 0 aromatic heterocycles. The highest BCUT2D eigenvalue weighted by Crippen LogP contribution is 2.18. The lowest BCUT2D eigenvalue weighted by molar-refractivity contribution is -0.167. The molecule has 0 aromatic rings. The lowest BCUT2D eigenvalue weighted by Crippen LogP contribution is -2.30. The van der Waals surface area contributed by atoms with E-state index in [4.69, 9.17) is 14.2 Å². The van der Waals surface area contributed by atoms with Crippen molar-refractivity contribution in [2.45, 2.75) is 354 Å². The van der Waals surface area contributed by atoms with E-state index in [0.29, 0.717) is 19.3 Å². The summed E-state index contributed by atoms with van der Waals surface area (Å²) in [6.45, 7) is 6.51. The van der Waals surface area contributed by atoms with Crippen molar-refractivity contribution in [3.05, 3.63) is 48.6 Å². The van der Waals surface area contributed by atoms with Gasteiger partial charge in [-0.15, -0.1) is 0 Å². The molecule has 0 saturated carbocycles. The lowest BCUT2D eigenvalue weighted by atomic mass is 10.0. The molecule has 6 heteroatoms. The molecule has 0 N–H and O–H groups in total. The second kappa shape index (κ2) is 62.9. The van der Waals surface area contributed by atoms with Gasteiger partial charge in [0.05, 0.1) is 0 Å². The van der Waals surface area contributed by atoms with Crippen LogP contribution < -0.4 is 0 Å². The van der Waals surface area contributed by atoms with Gasteiger partial charge in [-0.25, -0.2) is 0 Å². The molecule has 0 amide bonds. The van der Waals surface area contributed by atoms with Crippen LogP contribution in [0.2, 0.25) is 0 Å². The van der Waals surface area contributed by atoms with Gasteiger partial charge in [0.1, 0.15) is 13.2 Å². The van der Waals surface area contributed by atoms with Crippen molar-refractivity contribution in [3.8, 4) is 0 Å². The Morgan fingerprint density at radius 3 is 0.878 bits per heavy atom. The van der Waals surface area contributed by atoms with Crippen molar-refractivity contribution >= 4 is 17.9 Å². The van der Waals surface area contributed by atoms with Crippen molar-refractivity contribution < 1.29 is 28.6 Å². The van der Waals surface area contributed by atoms with E-state index in [-0.39, 0.29) is 31.1 Å². The van der Waals surface area contributed by atoms with Gasteiger partial charge in [0, 0.05) is 19.3 Å². The molecule has 6 nitrogen and oxygen atoms in total. The molecule has 0 aliphatic carbocycles. The van der Waals surface area contributed by atoms with E-state index in [9.17, 15) is 14.4 Å². The summed E-state index contributed by atoms with van der Waals surface area (Å²) >= 11 is 0. The maximum Gasteiger partial charge on any atom is 0.306 e. The van der Waals surface area contributed by atoms with E-state index in [0.717, 1.165) is 89.9 Å². The number of hydrogen-bond acceptors (Lipinski definition) is 6. The van der Waals surface area contributed by atoms with Crippen molar-refractivity contribution in [3.63, 3.8) is 0 Å². The van der Waals surface area contributed by atoms with Crippen molar-refractivity contribution in [1.82, 2.24) is 0 Å². The predicted molar refractivity (Wildman–Crippen MR) is 321 cm³/mol. The van der Waals surface area contributed by atoms with E-state index >= 15 is 0 Å². The van der Waals surface area contributed by atoms with Crippen LogP contribution in [0.5, 0.6) is 0 Å². The molecule has 0 saturated heterocycles. The fraction of sp³-hybridized carbons (Fsp3) is 0.838. The highest BCUT2D eigenvalue weighted by atomic mass is 16.6. The van der Waals surface area contributed by atoms with E-state index in [1.54, 1.807) is 0 Å². The van der Waals surface area contributed by atoms with Crippen molar-refractivity contribution in [2.75, 3.05) is 13.2 Å². The van der Waals surface area contributed by atoms with Crippen LogP contribution in [0.25, 0.3) is 0 Å². The standard InChI is InChI=1S/C68H124O6/c1-4-7-10-13-16-19-22-25-26-27-28-29-30-31-32-33-34-35-36-37-38-39-40-41-42-44-46-49-52-55-58-61-67(70)73-64-65(63-72-66(69)60-57-54-51-48-45-24-21-18-15-12-9-6-3)74-68(71)62-59-56-53-50-47-43-23-20-17-14-11-8-5-2/h8,11,17-18,20-21,43,47,65H,4-7,9-10,12-16,19,22-42,44-46,48-64H2,1-3H3/b11-8-,20-17-,21-18-,47-43-. The molecule has 0 aliphatic heterocycles. The minimum absolute atomic E-state index is 0.0847. The average Bonchev–Trinajstić information content (AvgIpc) is 3.40. The first-order valence-electron chi connectivity index (χ1n) is 32.6. The first kappa shape index (κ1) is 71.4. The number of unbranched alkanes of at least 4 members (excludes halogenated alkanes) is 41. The van der Waals surface area contributed by atoms with Crippen LogP contribution in [0.4, 0.5) is 0 Å². The van der Waals surface area contributed by atoms with Gasteiger partial charge in [-0.3, -0.25) is 14.4 Å². The van der Waals surface area contributed by atoms with Gasteiger partial charge in [-0.1, -0.05) is 301 Å². The Balaban J connectivity index is 4.08. The summed E-state index contributed by atoms with van der Waals surface area (Å²) in [6.07, 6.45) is 78.7. The molecule has 0 aliphatic rings. The number of carbonyl (C=O) groups is 3. The maximum absolute atomic E-state index is 12.8. The number of rotatable bonds is 60. The van der Waals surface area contributed by atoms with E-state index < -0.39 is 6.10 Å². The Labute approximate surface area is 460 Å². The van der Waals surface area contributed by atoms with E-state index in [1.807, 2.05) is 0 Å². The van der Waals surface area contributed by atoms with Crippen molar-refractivity contribution in [1.29, 1.82) is 0 Å². The van der Waals surface area contributed by atoms with Gasteiger partial charge in [0.2, 0.25) is 0 Å². The molecule has 0 aromatic carbocycles. The van der Waals surface area contributed by atoms with Crippen LogP contribution >= 0.6 is 0 Å². The number of ether oxygens (including phenoxy) is 3. The predicted octanol–water partition coefficient (Wildman–Crippen LogP) is 22.2. The fourth-order valence-corrected chi connectivity index (χ4v) is 9.69. The number of carbonyl (C=O) groups excluding carboxylic acids is 3. The van der Waals surface area contributed by atoms with Gasteiger partial charge >= 0.3 is 17.9 Å². The summed E-state index contributed by atoms with van der Waals surface area (Å²) in [4.78, 5) is 38.1. The third kappa shape index (κ3) is 60.2. The third-order valence-electron chi connectivity index (χ3n) is 14.6. The largest absolute Gasteiger partial charge is 0.462 e. The van der Waals surface area contributed by atoms with E-state index in [2.05, 4.69) is 69.4 Å². The van der Waals surface area contributed by atoms with Crippen LogP contribution in [0.15, 0.2) is 48.6 Å². The molecule has 0 heterocycles. The minimum Gasteiger partial charge on any atom is -0.462 e. The van der Waals surface area contributed by atoms with Crippen LogP contribution in [0, 0.1) is 0 Å². The Morgan fingerprint density at radius 2 is 0.527 bits per heavy atom. The topological polar surface area (TPSA) is 78.9 Å². The molecule has 0 rings (SSSR count). The zero-order valence-electron chi connectivity index (χ0n) is 49.6. The molecular formula is C68H124O6. The molecule has 0 bridgehead atoms. The Bertz CT molecular complexity index is 1280. The summed E-state index contributed by atoms with van der Waals surface area (Å²) < 4.78 is 16.8. The monoisotopic (exact) mass is 1040 g/mol. The van der Waals surface area contributed by atoms with Crippen LogP contribution in [-0.4, -0.2) is 37.2 Å². The lowest BCUT2D eigenvalue weighted by Gasteiger charge is -2.18. The molecular weight excluding hydrogens is 913 g/mol. The van der Waals surface area contributed by atoms with Gasteiger partial charge < -0.3 is 14.2 Å². The summed E-state index contributed by atoms with van der Waals surface area (Å²) in [5.41, 5.74) is 0. The van der Waals surface area contributed by atoms with E-state index in [1.165, 1.54) is 218 Å². The molecule has 432 valence electrons.